The molecule has 2 aromatic carbocycles. The van der Waals surface area contributed by atoms with E-state index >= 15 is 0 Å². The largest absolute Gasteiger partial charge is 0.461 e. The monoisotopic (exact) mass is 518 g/mol. The van der Waals surface area contributed by atoms with Crippen LogP contribution < -0.4 is 5.32 Å². The van der Waals surface area contributed by atoms with Crippen LogP contribution in [0.5, 0.6) is 0 Å². The number of aromatic nitrogens is 2. The molecule has 0 aliphatic carbocycles. The van der Waals surface area contributed by atoms with Gasteiger partial charge in [-0.1, -0.05) is 44.2 Å². The maximum Gasteiger partial charge on any atom is 0.349 e. The number of hydrogen-bond donors (Lipinski definition) is 1. The standard InChI is InChI=1S/C28H30N4O4S/c1-4-32(5-2)15-16-35-27(33)21-11-13-22(14-12-21)31-25-23-19(3)24(37-26(23)30-18-29-25)28(34)36-17-20-9-7-6-8-10-20/h6-14,18H,4-5,15-17H2,1-3H3,(H,29,30,31). The van der Waals surface area contributed by atoms with Crippen molar-refractivity contribution >= 4 is 45.0 Å². The van der Waals surface area contributed by atoms with E-state index in [1.54, 1.807) is 24.3 Å². The summed E-state index contributed by atoms with van der Waals surface area (Å²) in [6, 6.07) is 16.6. The second-order valence-electron chi connectivity index (χ2n) is 8.39. The number of hydrogen-bond acceptors (Lipinski definition) is 9. The molecule has 1 N–H and O–H groups in total. The van der Waals surface area contributed by atoms with Crippen molar-refractivity contribution in [3.63, 3.8) is 0 Å². The molecule has 2 aromatic heterocycles. The number of nitrogens with zero attached hydrogens (tertiary/aromatic N) is 3. The SMILES string of the molecule is CCN(CC)CCOC(=O)c1ccc(Nc2ncnc3sc(C(=O)OCc4ccccc4)c(C)c23)cc1. The van der Waals surface area contributed by atoms with Gasteiger partial charge in [0.15, 0.2) is 0 Å². The van der Waals surface area contributed by atoms with Gasteiger partial charge in [-0.2, -0.15) is 0 Å². The first-order valence-corrected chi connectivity index (χ1v) is 13.0. The number of thiophene rings is 1. The van der Waals surface area contributed by atoms with E-state index in [0.29, 0.717) is 34.2 Å². The van der Waals surface area contributed by atoms with Crippen LogP contribution in [-0.2, 0) is 16.1 Å². The van der Waals surface area contributed by atoms with Crippen molar-refractivity contribution in [2.75, 3.05) is 31.6 Å². The van der Waals surface area contributed by atoms with Crippen molar-refractivity contribution in [2.24, 2.45) is 0 Å². The number of ether oxygens (including phenoxy) is 2. The van der Waals surface area contributed by atoms with Crippen molar-refractivity contribution in [2.45, 2.75) is 27.4 Å². The molecule has 8 nitrogen and oxygen atoms in total. The van der Waals surface area contributed by atoms with Crippen LogP contribution in [0.2, 0.25) is 0 Å². The molecule has 9 heteroatoms. The average Bonchev–Trinajstić information content (AvgIpc) is 3.28. The van der Waals surface area contributed by atoms with E-state index in [-0.39, 0.29) is 18.5 Å². The average molecular weight is 519 g/mol. The third kappa shape index (κ3) is 6.49. The number of aryl methyl sites for hydroxylation is 1. The molecule has 0 atom stereocenters. The Morgan fingerprint density at radius 2 is 1.68 bits per heavy atom. The zero-order valence-corrected chi connectivity index (χ0v) is 22.0. The highest BCUT2D eigenvalue weighted by Crippen LogP contribution is 2.35. The number of nitrogens with one attached hydrogen (secondary N) is 1. The highest BCUT2D eigenvalue weighted by Gasteiger charge is 2.21. The highest BCUT2D eigenvalue weighted by atomic mass is 32.1. The summed E-state index contributed by atoms with van der Waals surface area (Å²) in [7, 11) is 0. The van der Waals surface area contributed by atoms with E-state index in [1.807, 2.05) is 37.3 Å². The summed E-state index contributed by atoms with van der Waals surface area (Å²) in [4.78, 5) is 37.3. The Balaban J connectivity index is 1.43. The number of fused-ring (bicyclic) bond motifs is 1. The van der Waals surface area contributed by atoms with E-state index in [1.165, 1.54) is 17.7 Å². The Morgan fingerprint density at radius 3 is 2.38 bits per heavy atom. The second-order valence-corrected chi connectivity index (χ2v) is 9.38. The lowest BCUT2D eigenvalue weighted by molar-refractivity contribution is 0.0461. The summed E-state index contributed by atoms with van der Waals surface area (Å²) in [6.07, 6.45) is 1.46. The number of likely N-dealkylation sites (N-methyl/N-ethyl adjacent to an activating group) is 1. The van der Waals surface area contributed by atoms with E-state index in [9.17, 15) is 9.59 Å². The van der Waals surface area contributed by atoms with Crippen LogP contribution in [0.25, 0.3) is 10.2 Å². The lowest BCUT2D eigenvalue weighted by atomic mass is 10.2. The van der Waals surface area contributed by atoms with E-state index in [2.05, 4.69) is 34.0 Å². The fourth-order valence-electron chi connectivity index (χ4n) is 3.87. The van der Waals surface area contributed by atoms with Crippen LogP contribution in [0.15, 0.2) is 60.9 Å². The van der Waals surface area contributed by atoms with Crippen molar-refractivity contribution in [3.8, 4) is 0 Å². The lowest BCUT2D eigenvalue weighted by Gasteiger charge is -2.17. The van der Waals surface area contributed by atoms with Gasteiger partial charge in [0.05, 0.1) is 10.9 Å². The topological polar surface area (TPSA) is 93.6 Å². The van der Waals surface area contributed by atoms with Crippen molar-refractivity contribution < 1.29 is 19.1 Å². The van der Waals surface area contributed by atoms with Gasteiger partial charge in [-0.15, -0.1) is 11.3 Å². The van der Waals surface area contributed by atoms with Crippen LogP contribution in [0.4, 0.5) is 11.5 Å². The van der Waals surface area contributed by atoms with Crippen LogP contribution in [-0.4, -0.2) is 53.0 Å². The number of rotatable bonds is 11. The van der Waals surface area contributed by atoms with Gasteiger partial charge in [-0.3, -0.25) is 0 Å². The molecule has 0 unspecified atom stereocenters. The molecule has 0 saturated carbocycles. The Bertz CT molecular complexity index is 1350. The summed E-state index contributed by atoms with van der Waals surface area (Å²) in [5, 5.41) is 4.04. The van der Waals surface area contributed by atoms with Crippen LogP contribution in [0.3, 0.4) is 0 Å². The number of carbonyl (C=O) groups excluding carboxylic acids is 2. The van der Waals surface area contributed by atoms with Gasteiger partial charge in [0.25, 0.3) is 0 Å². The predicted octanol–water partition coefficient (Wildman–Crippen LogP) is 5.60. The van der Waals surface area contributed by atoms with Crippen LogP contribution in [0.1, 0.15) is 45.0 Å². The third-order valence-electron chi connectivity index (χ3n) is 6.04. The van der Waals surface area contributed by atoms with Gasteiger partial charge >= 0.3 is 11.9 Å². The van der Waals surface area contributed by atoms with Gasteiger partial charge in [0.2, 0.25) is 0 Å². The van der Waals surface area contributed by atoms with E-state index < -0.39 is 0 Å². The normalized spacial score (nSPS) is 11.0. The summed E-state index contributed by atoms with van der Waals surface area (Å²) in [5.74, 6) is -0.162. The Hall–Kier alpha value is -3.82. The Kier molecular flexibility index (Phi) is 8.81. The lowest BCUT2D eigenvalue weighted by Crippen LogP contribution is -2.27. The smallest absolute Gasteiger partial charge is 0.349 e. The molecule has 0 aliphatic heterocycles. The zero-order chi connectivity index (χ0) is 26.2. The molecule has 0 bridgehead atoms. The van der Waals surface area contributed by atoms with Gasteiger partial charge < -0.3 is 19.7 Å². The number of carbonyl (C=O) groups is 2. The summed E-state index contributed by atoms with van der Waals surface area (Å²) in [5.41, 5.74) is 2.91. The summed E-state index contributed by atoms with van der Waals surface area (Å²) >= 11 is 1.28. The summed E-state index contributed by atoms with van der Waals surface area (Å²) in [6.45, 7) is 9.14. The van der Waals surface area contributed by atoms with Crippen LogP contribution >= 0.6 is 11.3 Å². The minimum Gasteiger partial charge on any atom is -0.461 e. The van der Waals surface area contributed by atoms with E-state index in [0.717, 1.165) is 35.3 Å². The molecule has 2 heterocycles. The molecule has 0 radical (unpaired) electrons. The molecule has 0 saturated heterocycles. The maximum atomic E-state index is 12.8. The number of esters is 2. The van der Waals surface area contributed by atoms with E-state index in [4.69, 9.17) is 9.47 Å². The first-order valence-electron chi connectivity index (χ1n) is 12.2. The minimum atomic E-state index is -0.390. The number of anilines is 2. The molecule has 4 aromatic rings. The molecular formula is C28H30N4O4S. The first-order chi connectivity index (χ1) is 18.0. The first kappa shape index (κ1) is 26.2. The Morgan fingerprint density at radius 1 is 0.946 bits per heavy atom. The van der Waals surface area contributed by atoms with Gasteiger partial charge in [-0.25, -0.2) is 19.6 Å². The third-order valence-corrected chi connectivity index (χ3v) is 7.22. The van der Waals surface area contributed by atoms with Crippen LogP contribution in [0, 0.1) is 6.92 Å². The summed E-state index contributed by atoms with van der Waals surface area (Å²) < 4.78 is 10.9. The van der Waals surface area contributed by atoms with Crippen molar-refractivity contribution in [1.82, 2.24) is 14.9 Å². The fraction of sp³-hybridized carbons (Fsp3) is 0.286. The highest BCUT2D eigenvalue weighted by molar-refractivity contribution is 7.20. The molecule has 0 amide bonds. The van der Waals surface area contributed by atoms with Crippen molar-refractivity contribution in [3.05, 3.63) is 82.5 Å². The maximum absolute atomic E-state index is 12.8. The zero-order valence-electron chi connectivity index (χ0n) is 21.2. The Labute approximate surface area is 220 Å². The molecular weight excluding hydrogens is 488 g/mol. The molecule has 37 heavy (non-hydrogen) atoms. The molecule has 0 aliphatic rings. The quantitative estimate of drug-likeness (QED) is 0.257. The minimum absolute atomic E-state index is 0.203. The molecule has 0 fully saturated rings. The predicted molar refractivity (Wildman–Crippen MR) is 146 cm³/mol. The molecule has 192 valence electrons. The van der Waals surface area contributed by atoms with Crippen molar-refractivity contribution in [1.29, 1.82) is 0 Å². The second kappa shape index (κ2) is 12.4. The fourth-order valence-corrected chi connectivity index (χ4v) is 4.91. The van der Waals surface area contributed by atoms with Gasteiger partial charge in [0.1, 0.15) is 35.1 Å². The van der Waals surface area contributed by atoms with Gasteiger partial charge in [-0.05, 0) is 55.4 Å². The molecule has 4 rings (SSSR count). The number of benzene rings is 2. The molecule has 0 spiro atoms. The van der Waals surface area contributed by atoms with Gasteiger partial charge in [0, 0.05) is 12.2 Å².